The van der Waals surface area contributed by atoms with Gasteiger partial charge >= 0.3 is 6.18 Å². The van der Waals surface area contributed by atoms with Crippen LogP contribution in [-0.4, -0.2) is 6.18 Å². The van der Waals surface area contributed by atoms with Crippen molar-refractivity contribution in [2.24, 2.45) is 5.73 Å². The second-order valence-electron chi connectivity index (χ2n) is 5.11. The van der Waals surface area contributed by atoms with Crippen molar-refractivity contribution in [3.63, 3.8) is 0 Å². The lowest BCUT2D eigenvalue weighted by Crippen LogP contribution is -2.18. The zero-order valence-electron chi connectivity index (χ0n) is 12.2. The predicted octanol–water partition coefficient (Wildman–Crippen LogP) is 6.57. The van der Waals surface area contributed by atoms with Gasteiger partial charge in [-0.25, -0.2) is 0 Å². The van der Waals surface area contributed by atoms with Gasteiger partial charge in [-0.15, -0.1) is 0 Å². The highest BCUT2D eigenvalue weighted by Crippen LogP contribution is 2.38. The van der Waals surface area contributed by atoms with Gasteiger partial charge in [-0.3, -0.25) is 0 Å². The molecule has 0 radical (unpaired) electrons. The van der Waals surface area contributed by atoms with Crippen LogP contribution >= 0.6 is 39.1 Å². The third kappa shape index (κ3) is 4.76. The van der Waals surface area contributed by atoms with E-state index in [4.69, 9.17) is 28.9 Å². The third-order valence-corrected chi connectivity index (χ3v) is 4.91. The van der Waals surface area contributed by atoms with Gasteiger partial charge in [-0.05, 0) is 34.9 Å². The summed E-state index contributed by atoms with van der Waals surface area (Å²) < 4.78 is 40.9. The molecule has 24 heavy (non-hydrogen) atoms. The number of nitrogens with two attached hydrogens (primary N) is 1. The maximum atomic E-state index is 13.4. The molecular formula is C17H13BrCl2F3N. The van der Waals surface area contributed by atoms with Crippen molar-refractivity contribution in [1.82, 2.24) is 0 Å². The lowest BCUT2D eigenvalue weighted by molar-refractivity contribution is -0.139. The molecule has 0 aliphatic carbocycles. The SMILES string of the molecule is NCc1ccc(/C=C/C(c2ccc(Cl)c(Cl)c2)C(F)(F)F)cc1Br. The summed E-state index contributed by atoms with van der Waals surface area (Å²) in [6.45, 7) is 0.346. The summed E-state index contributed by atoms with van der Waals surface area (Å²) in [4.78, 5) is 0. The Labute approximate surface area is 156 Å². The molecule has 0 aliphatic rings. The van der Waals surface area contributed by atoms with Crippen LogP contribution in [0.4, 0.5) is 13.2 Å². The molecule has 0 heterocycles. The average molecular weight is 439 g/mol. The van der Waals surface area contributed by atoms with Crippen molar-refractivity contribution < 1.29 is 13.2 Å². The van der Waals surface area contributed by atoms with E-state index in [1.54, 1.807) is 18.2 Å². The van der Waals surface area contributed by atoms with Crippen molar-refractivity contribution in [1.29, 1.82) is 0 Å². The molecule has 1 atom stereocenters. The normalized spacial score (nSPS) is 13.5. The van der Waals surface area contributed by atoms with E-state index in [0.717, 1.165) is 16.1 Å². The number of hydrogen-bond acceptors (Lipinski definition) is 1. The minimum Gasteiger partial charge on any atom is -0.326 e. The molecule has 2 aromatic rings. The summed E-state index contributed by atoms with van der Waals surface area (Å²) in [7, 11) is 0. The number of rotatable bonds is 4. The van der Waals surface area contributed by atoms with E-state index in [-0.39, 0.29) is 15.6 Å². The standard InChI is InChI=1S/C17H13BrCl2F3N/c18-14-7-10(1-3-12(14)9-24)2-5-13(17(21,22)23)11-4-6-15(19)16(20)8-11/h1-8,13H,9,24H2/b5-2+. The van der Waals surface area contributed by atoms with Gasteiger partial charge in [0, 0.05) is 11.0 Å². The summed E-state index contributed by atoms with van der Waals surface area (Å²) in [6, 6.07) is 9.13. The van der Waals surface area contributed by atoms with Crippen LogP contribution < -0.4 is 5.73 Å². The molecule has 2 aromatic carbocycles. The fourth-order valence-corrected chi connectivity index (χ4v) is 3.02. The van der Waals surface area contributed by atoms with Gasteiger partial charge in [-0.2, -0.15) is 13.2 Å². The molecule has 0 saturated heterocycles. The van der Waals surface area contributed by atoms with E-state index >= 15 is 0 Å². The Morgan fingerprint density at radius 2 is 1.79 bits per heavy atom. The molecule has 0 amide bonds. The smallest absolute Gasteiger partial charge is 0.326 e. The molecule has 0 aliphatic heterocycles. The van der Waals surface area contributed by atoms with Gasteiger partial charge in [0.05, 0.1) is 16.0 Å². The van der Waals surface area contributed by atoms with E-state index in [9.17, 15) is 13.2 Å². The van der Waals surface area contributed by atoms with Crippen molar-refractivity contribution in [2.75, 3.05) is 0 Å². The van der Waals surface area contributed by atoms with E-state index < -0.39 is 12.1 Å². The first-order valence-corrected chi connectivity index (χ1v) is 8.45. The number of benzene rings is 2. The average Bonchev–Trinajstić information content (AvgIpc) is 2.50. The van der Waals surface area contributed by atoms with E-state index in [0.29, 0.717) is 12.1 Å². The molecule has 2 rings (SSSR count). The third-order valence-electron chi connectivity index (χ3n) is 3.43. The van der Waals surface area contributed by atoms with Gasteiger partial charge in [0.25, 0.3) is 0 Å². The van der Waals surface area contributed by atoms with Crippen LogP contribution in [0.2, 0.25) is 10.0 Å². The molecular weight excluding hydrogens is 426 g/mol. The largest absolute Gasteiger partial charge is 0.399 e. The summed E-state index contributed by atoms with van der Waals surface area (Å²) in [6.07, 6.45) is -1.92. The van der Waals surface area contributed by atoms with Crippen molar-refractivity contribution in [3.8, 4) is 0 Å². The minimum atomic E-state index is -4.44. The van der Waals surface area contributed by atoms with Crippen LogP contribution in [-0.2, 0) is 6.54 Å². The first-order valence-electron chi connectivity index (χ1n) is 6.90. The summed E-state index contributed by atoms with van der Waals surface area (Å²) in [5.74, 6) is -1.78. The fraction of sp³-hybridized carbons (Fsp3) is 0.176. The Balaban J connectivity index is 2.36. The Morgan fingerprint density at radius 1 is 1.08 bits per heavy atom. The second kappa shape index (κ2) is 7.91. The van der Waals surface area contributed by atoms with Crippen molar-refractivity contribution in [3.05, 3.63) is 73.7 Å². The zero-order chi connectivity index (χ0) is 17.9. The highest BCUT2D eigenvalue weighted by molar-refractivity contribution is 9.10. The molecule has 0 saturated carbocycles. The van der Waals surface area contributed by atoms with Crippen LogP contribution in [0, 0.1) is 0 Å². The fourth-order valence-electron chi connectivity index (χ4n) is 2.16. The number of hydrogen-bond donors (Lipinski definition) is 1. The Hall–Kier alpha value is -1.01. The van der Waals surface area contributed by atoms with Gasteiger partial charge < -0.3 is 5.73 Å². The topological polar surface area (TPSA) is 26.0 Å². The van der Waals surface area contributed by atoms with Gasteiger partial charge in [0.15, 0.2) is 0 Å². The molecule has 7 heteroatoms. The Morgan fingerprint density at radius 3 is 2.33 bits per heavy atom. The van der Waals surface area contributed by atoms with E-state index in [1.165, 1.54) is 24.3 Å². The predicted molar refractivity (Wildman–Crippen MR) is 96.3 cm³/mol. The maximum absolute atomic E-state index is 13.4. The number of alkyl halides is 3. The maximum Gasteiger partial charge on any atom is 0.399 e. The van der Waals surface area contributed by atoms with E-state index in [1.807, 2.05) is 0 Å². The number of allylic oxidation sites excluding steroid dienone is 1. The molecule has 0 spiro atoms. The van der Waals surface area contributed by atoms with Crippen LogP contribution in [0.3, 0.4) is 0 Å². The Kier molecular flexibility index (Phi) is 6.37. The summed E-state index contributed by atoms with van der Waals surface area (Å²) in [5.41, 5.74) is 7.11. The Bertz CT molecular complexity index is 760. The van der Waals surface area contributed by atoms with E-state index in [2.05, 4.69) is 15.9 Å². The van der Waals surface area contributed by atoms with Crippen molar-refractivity contribution in [2.45, 2.75) is 18.6 Å². The molecule has 0 aromatic heterocycles. The summed E-state index contributed by atoms with van der Waals surface area (Å²) >= 11 is 15.0. The lowest BCUT2D eigenvalue weighted by Gasteiger charge is -2.18. The quantitative estimate of drug-likeness (QED) is 0.573. The summed E-state index contributed by atoms with van der Waals surface area (Å²) in [5, 5.41) is 0.304. The van der Waals surface area contributed by atoms with Gasteiger partial charge in [-0.1, -0.05) is 69.5 Å². The lowest BCUT2D eigenvalue weighted by atomic mass is 9.97. The first kappa shape index (κ1) is 19.3. The molecule has 1 unspecified atom stereocenters. The van der Waals surface area contributed by atoms with Crippen LogP contribution in [0.5, 0.6) is 0 Å². The van der Waals surface area contributed by atoms with Gasteiger partial charge in [0.1, 0.15) is 0 Å². The molecule has 128 valence electrons. The molecule has 2 N–H and O–H groups in total. The highest BCUT2D eigenvalue weighted by Gasteiger charge is 2.39. The zero-order valence-corrected chi connectivity index (χ0v) is 15.3. The first-order chi connectivity index (χ1) is 11.2. The highest BCUT2D eigenvalue weighted by atomic mass is 79.9. The monoisotopic (exact) mass is 437 g/mol. The molecule has 1 nitrogen and oxygen atoms in total. The van der Waals surface area contributed by atoms with Crippen LogP contribution in [0.1, 0.15) is 22.6 Å². The molecule has 0 bridgehead atoms. The van der Waals surface area contributed by atoms with Crippen LogP contribution in [0.15, 0.2) is 46.9 Å². The van der Waals surface area contributed by atoms with Crippen molar-refractivity contribution >= 4 is 45.2 Å². The molecule has 0 fully saturated rings. The minimum absolute atomic E-state index is 0.0331. The second-order valence-corrected chi connectivity index (χ2v) is 6.78. The van der Waals surface area contributed by atoms with Gasteiger partial charge in [0.2, 0.25) is 0 Å². The number of halogens is 6. The van der Waals surface area contributed by atoms with Crippen LogP contribution in [0.25, 0.3) is 6.08 Å².